The van der Waals surface area contributed by atoms with Crippen molar-refractivity contribution in [1.82, 2.24) is 5.32 Å². The molecule has 1 aliphatic heterocycles. The van der Waals surface area contributed by atoms with Crippen molar-refractivity contribution < 1.29 is 9.53 Å². The van der Waals surface area contributed by atoms with Gasteiger partial charge in [0.25, 0.3) is 0 Å². The second kappa shape index (κ2) is 10.1. The summed E-state index contributed by atoms with van der Waals surface area (Å²) in [4.78, 5) is 15.1. The smallest absolute Gasteiger partial charge is 0.221 e. The summed E-state index contributed by atoms with van der Waals surface area (Å²) >= 11 is 0. The van der Waals surface area contributed by atoms with Crippen LogP contribution in [0.2, 0.25) is 0 Å². The quantitative estimate of drug-likeness (QED) is 0.641. The van der Waals surface area contributed by atoms with Gasteiger partial charge in [0.1, 0.15) is 0 Å². The molecule has 4 nitrogen and oxygen atoms in total. The van der Waals surface area contributed by atoms with Crippen molar-refractivity contribution in [2.45, 2.75) is 18.9 Å². The van der Waals surface area contributed by atoms with Crippen molar-refractivity contribution in [1.29, 1.82) is 0 Å². The van der Waals surface area contributed by atoms with E-state index in [2.05, 4.69) is 58.7 Å². The Labute approximate surface area is 178 Å². The van der Waals surface area contributed by atoms with E-state index in [1.807, 2.05) is 36.4 Å². The topological polar surface area (TPSA) is 41.6 Å². The molecule has 0 aliphatic carbocycles. The normalized spacial score (nSPS) is 14.0. The van der Waals surface area contributed by atoms with Crippen LogP contribution in [0.4, 0.5) is 5.69 Å². The third kappa shape index (κ3) is 5.28. The highest BCUT2D eigenvalue weighted by Crippen LogP contribution is 2.27. The van der Waals surface area contributed by atoms with Crippen molar-refractivity contribution >= 4 is 11.6 Å². The van der Waals surface area contributed by atoms with Crippen LogP contribution in [0.15, 0.2) is 84.9 Å². The highest BCUT2D eigenvalue weighted by atomic mass is 16.5. The number of amides is 1. The SMILES string of the molecule is O=C(CC(c1ccccc1)c1ccccc1)NCc1ccc(N2CCOCC2)cc1. The lowest BCUT2D eigenvalue weighted by atomic mass is 9.88. The summed E-state index contributed by atoms with van der Waals surface area (Å²) in [7, 11) is 0. The van der Waals surface area contributed by atoms with E-state index >= 15 is 0 Å². The number of benzene rings is 3. The van der Waals surface area contributed by atoms with E-state index in [4.69, 9.17) is 4.74 Å². The van der Waals surface area contributed by atoms with E-state index in [-0.39, 0.29) is 11.8 Å². The largest absolute Gasteiger partial charge is 0.378 e. The third-order valence-electron chi connectivity index (χ3n) is 5.60. The van der Waals surface area contributed by atoms with Gasteiger partial charge < -0.3 is 15.0 Å². The van der Waals surface area contributed by atoms with E-state index in [1.165, 1.54) is 5.69 Å². The lowest BCUT2D eigenvalue weighted by Gasteiger charge is -2.28. The fourth-order valence-corrected chi connectivity index (χ4v) is 3.90. The fraction of sp³-hybridized carbons (Fsp3) is 0.269. The number of anilines is 1. The average Bonchev–Trinajstić information content (AvgIpc) is 2.83. The molecule has 154 valence electrons. The van der Waals surface area contributed by atoms with E-state index < -0.39 is 0 Å². The summed E-state index contributed by atoms with van der Waals surface area (Å²) in [6.07, 6.45) is 0.430. The first kappa shape index (κ1) is 20.2. The molecular weight excluding hydrogens is 372 g/mol. The van der Waals surface area contributed by atoms with Gasteiger partial charge in [-0.25, -0.2) is 0 Å². The van der Waals surface area contributed by atoms with E-state index in [9.17, 15) is 4.79 Å². The van der Waals surface area contributed by atoms with Crippen LogP contribution in [0, 0.1) is 0 Å². The Morgan fingerprint density at radius 2 is 1.40 bits per heavy atom. The maximum Gasteiger partial charge on any atom is 0.221 e. The van der Waals surface area contributed by atoms with Crippen LogP contribution >= 0.6 is 0 Å². The zero-order valence-corrected chi connectivity index (χ0v) is 17.2. The lowest BCUT2D eigenvalue weighted by Crippen LogP contribution is -2.36. The van der Waals surface area contributed by atoms with Crippen molar-refractivity contribution in [3.05, 3.63) is 102 Å². The zero-order valence-electron chi connectivity index (χ0n) is 17.2. The monoisotopic (exact) mass is 400 g/mol. The Morgan fingerprint density at radius 3 is 1.97 bits per heavy atom. The summed E-state index contributed by atoms with van der Waals surface area (Å²) in [5, 5.41) is 3.10. The van der Waals surface area contributed by atoms with Gasteiger partial charge >= 0.3 is 0 Å². The molecule has 1 saturated heterocycles. The van der Waals surface area contributed by atoms with Gasteiger partial charge in [0, 0.05) is 37.7 Å². The van der Waals surface area contributed by atoms with Crippen molar-refractivity contribution in [2.75, 3.05) is 31.2 Å². The molecule has 1 heterocycles. The van der Waals surface area contributed by atoms with Gasteiger partial charge in [0.05, 0.1) is 13.2 Å². The molecule has 3 aromatic rings. The Balaban J connectivity index is 1.37. The average molecular weight is 401 g/mol. The predicted molar refractivity (Wildman–Crippen MR) is 121 cm³/mol. The molecule has 3 aromatic carbocycles. The number of morpholine rings is 1. The van der Waals surface area contributed by atoms with Gasteiger partial charge in [-0.1, -0.05) is 72.8 Å². The predicted octanol–water partition coefficient (Wildman–Crippen LogP) is 4.36. The van der Waals surface area contributed by atoms with Crippen LogP contribution in [0.1, 0.15) is 29.0 Å². The second-order valence-electron chi connectivity index (χ2n) is 7.62. The van der Waals surface area contributed by atoms with Crippen LogP contribution in [-0.4, -0.2) is 32.2 Å². The van der Waals surface area contributed by atoms with Gasteiger partial charge in [-0.05, 0) is 28.8 Å². The van der Waals surface area contributed by atoms with Crippen molar-refractivity contribution in [2.24, 2.45) is 0 Å². The summed E-state index contributed by atoms with van der Waals surface area (Å²) in [5.41, 5.74) is 4.64. The summed E-state index contributed by atoms with van der Waals surface area (Å²) in [6, 6.07) is 28.9. The molecule has 4 rings (SSSR count). The second-order valence-corrected chi connectivity index (χ2v) is 7.62. The van der Waals surface area contributed by atoms with E-state index in [0.29, 0.717) is 13.0 Å². The lowest BCUT2D eigenvalue weighted by molar-refractivity contribution is -0.121. The summed E-state index contributed by atoms with van der Waals surface area (Å²) in [6.45, 7) is 3.95. The van der Waals surface area contributed by atoms with Gasteiger partial charge in [0.2, 0.25) is 5.91 Å². The molecule has 1 amide bonds. The maximum absolute atomic E-state index is 12.8. The first-order valence-corrected chi connectivity index (χ1v) is 10.6. The number of hydrogen-bond donors (Lipinski definition) is 1. The minimum absolute atomic E-state index is 0.0519. The molecule has 1 N–H and O–H groups in total. The number of ether oxygens (including phenoxy) is 1. The Morgan fingerprint density at radius 1 is 0.833 bits per heavy atom. The molecular formula is C26H28N2O2. The molecule has 0 radical (unpaired) electrons. The molecule has 1 fully saturated rings. The molecule has 0 spiro atoms. The van der Waals surface area contributed by atoms with Gasteiger partial charge in [0.15, 0.2) is 0 Å². The molecule has 30 heavy (non-hydrogen) atoms. The van der Waals surface area contributed by atoms with Crippen LogP contribution in [-0.2, 0) is 16.1 Å². The minimum Gasteiger partial charge on any atom is -0.378 e. The third-order valence-corrected chi connectivity index (χ3v) is 5.60. The summed E-state index contributed by atoms with van der Waals surface area (Å²) < 4.78 is 5.42. The van der Waals surface area contributed by atoms with Crippen molar-refractivity contribution in [3.8, 4) is 0 Å². The van der Waals surface area contributed by atoms with Crippen LogP contribution in [0.5, 0.6) is 0 Å². The Hall–Kier alpha value is -3.11. The Kier molecular flexibility index (Phi) is 6.78. The highest BCUT2D eigenvalue weighted by molar-refractivity contribution is 5.77. The number of hydrogen-bond acceptors (Lipinski definition) is 3. The number of rotatable bonds is 7. The molecule has 4 heteroatoms. The van der Waals surface area contributed by atoms with Crippen LogP contribution in [0.3, 0.4) is 0 Å². The van der Waals surface area contributed by atoms with Crippen molar-refractivity contribution in [3.63, 3.8) is 0 Å². The first-order valence-electron chi connectivity index (χ1n) is 10.6. The molecule has 0 unspecified atom stereocenters. The van der Waals surface area contributed by atoms with Crippen LogP contribution in [0.25, 0.3) is 0 Å². The standard InChI is InChI=1S/C26H28N2O2/c29-26(19-25(22-7-3-1-4-8-22)23-9-5-2-6-10-23)27-20-21-11-13-24(14-12-21)28-15-17-30-18-16-28/h1-14,25H,15-20H2,(H,27,29). The molecule has 0 atom stereocenters. The fourth-order valence-electron chi connectivity index (χ4n) is 3.90. The van der Waals surface area contributed by atoms with Gasteiger partial charge in [-0.15, -0.1) is 0 Å². The van der Waals surface area contributed by atoms with E-state index in [1.54, 1.807) is 0 Å². The molecule has 0 saturated carbocycles. The number of carbonyl (C=O) groups is 1. The molecule has 0 bridgehead atoms. The summed E-state index contributed by atoms with van der Waals surface area (Å²) in [5.74, 6) is 0.112. The number of nitrogens with one attached hydrogen (secondary N) is 1. The Bertz CT molecular complexity index is 881. The molecule has 0 aromatic heterocycles. The van der Waals surface area contributed by atoms with Gasteiger partial charge in [-0.3, -0.25) is 4.79 Å². The number of nitrogens with zero attached hydrogens (tertiary/aromatic N) is 1. The highest BCUT2D eigenvalue weighted by Gasteiger charge is 2.18. The molecule has 1 aliphatic rings. The van der Waals surface area contributed by atoms with E-state index in [0.717, 1.165) is 43.0 Å². The van der Waals surface area contributed by atoms with Gasteiger partial charge in [-0.2, -0.15) is 0 Å². The first-order chi connectivity index (χ1) is 14.8. The van der Waals surface area contributed by atoms with Crippen LogP contribution < -0.4 is 10.2 Å². The number of carbonyl (C=O) groups excluding carboxylic acids is 1. The maximum atomic E-state index is 12.8. The minimum atomic E-state index is 0.0519. The zero-order chi connectivity index (χ0) is 20.6.